The van der Waals surface area contributed by atoms with Crippen molar-refractivity contribution in [3.05, 3.63) is 17.0 Å². The van der Waals surface area contributed by atoms with Gasteiger partial charge in [0, 0.05) is 25.3 Å². The number of hydrogen-bond acceptors (Lipinski definition) is 4. The van der Waals surface area contributed by atoms with E-state index in [-0.39, 0.29) is 17.0 Å². The summed E-state index contributed by atoms with van der Waals surface area (Å²) in [4.78, 5) is 6.67. The largest absolute Gasteiger partial charge is 0.451 e. The van der Waals surface area contributed by atoms with Crippen molar-refractivity contribution in [3.63, 3.8) is 0 Å². The van der Waals surface area contributed by atoms with E-state index in [1.807, 2.05) is 6.92 Å². The average molecular weight is 310 g/mol. The molecule has 1 aromatic rings. The molecule has 112 valence electrons. The molecule has 2 rings (SSSR count). The van der Waals surface area contributed by atoms with Crippen molar-refractivity contribution in [2.75, 3.05) is 18.5 Å². The van der Waals surface area contributed by atoms with Gasteiger partial charge < -0.3 is 10.1 Å². The Bertz CT molecular complexity index is 464. The molecule has 0 bridgehead atoms. The second kappa shape index (κ2) is 6.13. The molecule has 1 saturated heterocycles. The van der Waals surface area contributed by atoms with Crippen molar-refractivity contribution in [2.45, 2.75) is 32.0 Å². The molecular formula is C12H15ClF3N3O. The van der Waals surface area contributed by atoms with Crippen LogP contribution in [0.2, 0.25) is 5.15 Å². The molecule has 0 aromatic carbocycles. The van der Waals surface area contributed by atoms with Gasteiger partial charge in [-0.05, 0) is 25.7 Å². The quantitative estimate of drug-likeness (QED) is 0.870. The Balaban J connectivity index is 2.10. The lowest BCUT2D eigenvalue weighted by atomic mass is 9.93. The number of nitrogens with one attached hydrogen (secondary N) is 1. The highest BCUT2D eigenvalue weighted by molar-refractivity contribution is 6.29. The van der Waals surface area contributed by atoms with Crippen molar-refractivity contribution >= 4 is 17.4 Å². The van der Waals surface area contributed by atoms with Crippen molar-refractivity contribution in [3.8, 4) is 0 Å². The van der Waals surface area contributed by atoms with Gasteiger partial charge in [0.05, 0.1) is 0 Å². The van der Waals surface area contributed by atoms with Crippen LogP contribution in [0, 0.1) is 5.92 Å². The molecule has 1 fully saturated rings. The fourth-order valence-corrected chi connectivity index (χ4v) is 2.37. The van der Waals surface area contributed by atoms with Gasteiger partial charge in [0.15, 0.2) is 0 Å². The van der Waals surface area contributed by atoms with Crippen LogP contribution >= 0.6 is 11.6 Å². The second-order valence-electron chi connectivity index (χ2n) is 4.78. The minimum Gasteiger partial charge on any atom is -0.381 e. The molecule has 2 heterocycles. The lowest BCUT2D eigenvalue weighted by Gasteiger charge is -2.28. The van der Waals surface area contributed by atoms with Crippen molar-refractivity contribution in [1.29, 1.82) is 0 Å². The van der Waals surface area contributed by atoms with Gasteiger partial charge in [-0.2, -0.15) is 13.2 Å². The van der Waals surface area contributed by atoms with Crippen LogP contribution in [0.15, 0.2) is 6.07 Å². The summed E-state index contributed by atoms with van der Waals surface area (Å²) in [7, 11) is 0. The summed E-state index contributed by atoms with van der Waals surface area (Å²) >= 11 is 5.61. The Morgan fingerprint density at radius 1 is 1.35 bits per heavy atom. The molecule has 0 amide bonds. The number of halogens is 4. The zero-order valence-electron chi connectivity index (χ0n) is 10.9. The number of aromatic nitrogens is 2. The van der Waals surface area contributed by atoms with Crippen LogP contribution in [0.4, 0.5) is 19.0 Å². The summed E-state index contributed by atoms with van der Waals surface area (Å²) in [6.07, 6.45) is -2.86. The molecule has 1 aromatic heterocycles. The molecule has 1 atom stereocenters. The summed E-state index contributed by atoms with van der Waals surface area (Å²) in [6.45, 7) is 3.27. The van der Waals surface area contributed by atoms with E-state index in [0.29, 0.717) is 19.1 Å². The Morgan fingerprint density at radius 3 is 2.60 bits per heavy atom. The van der Waals surface area contributed by atoms with E-state index in [2.05, 4.69) is 15.3 Å². The predicted molar refractivity (Wildman–Crippen MR) is 68.7 cm³/mol. The van der Waals surface area contributed by atoms with E-state index in [4.69, 9.17) is 16.3 Å². The van der Waals surface area contributed by atoms with Gasteiger partial charge in [-0.3, -0.25) is 0 Å². The maximum absolute atomic E-state index is 12.6. The monoisotopic (exact) mass is 309 g/mol. The maximum atomic E-state index is 12.6. The van der Waals surface area contributed by atoms with Gasteiger partial charge in [0.2, 0.25) is 5.82 Å². The summed E-state index contributed by atoms with van der Waals surface area (Å²) in [5.41, 5.74) is 0. The summed E-state index contributed by atoms with van der Waals surface area (Å²) < 4.78 is 43.1. The minimum absolute atomic E-state index is 0.00838. The fourth-order valence-electron chi connectivity index (χ4n) is 2.19. The SMILES string of the molecule is CC(Nc1cc(Cl)nc(C(F)(F)F)n1)C1CCOCC1. The Kier molecular flexibility index (Phi) is 4.70. The topological polar surface area (TPSA) is 47.0 Å². The third kappa shape index (κ3) is 3.96. The van der Waals surface area contributed by atoms with Crippen molar-refractivity contribution in [1.82, 2.24) is 9.97 Å². The number of nitrogens with zero attached hydrogens (tertiary/aromatic N) is 2. The van der Waals surface area contributed by atoms with Gasteiger partial charge >= 0.3 is 6.18 Å². The highest BCUT2D eigenvalue weighted by atomic mass is 35.5. The number of rotatable bonds is 3. The van der Waals surface area contributed by atoms with E-state index < -0.39 is 12.0 Å². The van der Waals surface area contributed by atoms with Gasteiger partial charge in [-0.1, -0.05) is 11.6 Å². The first-order valence-corrected chi connectivity index (χ1v) is 6.70. The zero-order chi connectivity index (χ0) is 14.8. The van der Waals surface area contributed by atoms with Crippen molar-refractivity contribution < 1.29 is 17.9 Å². The predicted octanol–water partition coefficient (Wildman–Crippen LogP) is 3.38. The van der Waals surface area contributed by atoms with Crippen LogP contribution in [-0.2, 0) is 10.9 Å². The van der Waals surface area contributed by atoms with Crippen LogP contribution < -0.4 is 5.32 Å². The van der Waals surface area contributed by atoms with Gasteiger partial charge in [0.25, 0.3) is 0 Å². The maximum Gasteiger partial charge on any atom is 0.451 e. The van der Waals surface area contributed by atoms with Crippen molar-refractivity contribution in [2.24, 2.45) is 5.92 Å². The number of ether oxygens (including phenoxy) is 1. The van der Waals surface area contributed by atoms with E-state index in [1.54, 1.807) is 0 Å². The summed E-state index contributed by atoms with van der Waals surface area (Å²) in [5, 5.41) is 2.75. The Labute approximate surface area is 119 Å². The van der Waals surface area contributed by atoms with Gasteiger partial charge in [0.1, 0.15) is 11.0 Å². The standard InChI is InChI=1S/C12H15ClF3N3O/c1-7(8-2-4-20-5-3-8)17-10-6-9(13)18-11(19-10)12(14,15)16/h6-8H,2-5H2,1H3,(H,17,18,19). The molecule has 20 heavy (non-hydrogen) atoms. The average Bonchev–Trinajstić information content (AvgIpc) is 2.38. The number of anilines is 1. The molecule has 1 N–H and O–H groups in total. The van der Waals surface area contributed by atoms with E-state index >= 15 is 0 Å². The van der Waals surface area contributed by atoms with E-state index in [0.717, 1.165) is 12.8 Å². The first-order chi connectivity index (χ1) is 9.36. The molecular weight excluding hydrogens is 295 g/mol. The molecule has 0 radical (unpaired) electrons. The summed E-state index contributed by atoms with van der Waals surface area (Å²) in [6, 6.07) is 1.29. The van der Waals surface area contributed by atoms with Gasteiger partial charge in [-0.15, -0.1) is 0 Å². The second-order valence-corrected chi connectivity index (χ2v) is 5.17. The molecule has 1 aliphatic heterocycles. The molecule has 8 heteroatoms. The molecule has 4 nitrogen and oxygen atoms in total. The van der Waals surface area contributed by atoms with Crippen LogP contribution in [0.25, 0.3) is 0 Å². The number of hydrogen-bond donors (Lipinski definition) is 1. The fraction of sp³-hybridized carbons (Fsp3) is 0.667. The highest BCUT2D eigenvalue weighted by Crippen LogP contribution is 2.29. The molecule has 1 unspecified atom stereocenters. The summed E-state index contributed by atoms with van der Waals surface area (Å²) in [5.74, 6) is -0.796. The van der Waals surface area contributed by atoms with Gasteiger partial charge in [-0.25, -0.2) is 9.97 Å². The van der Waals surface area contributed by atoms with Crippen LogP contribution in [-0.4, -0.2) is 29.2 Å². The van der Waals surface area contributed by atoms with E-state index in [9.17, 15) is 13.2 Å². The first-order valence-electron chi connectivity index (χ1n) is 6.32. The first kappa shape index (κ1) is 15.3. The lowest BCUT2D eigenvalue weighted by molar-refractivity contribution is -0.144. The normalized spacial score (nSPS) is 18.9. The third-order valence-electron chi connectivity index (χ3n) is 3.30. The Hall–Kier alpha value is -1.08. The molecule has 0 spiro atoms. The minimum atomic E-state index is -4.61. The van der Waals surface area contributed by atoms with E-state index in [1.165, 1.54) is 6.07 Å². The lowest BCUT2D eigenvalue weighted by Crippen LogP contribution is -2.31. The number of alkyl halides is 3. The van der Waals surface area contributed by atoms with Crippen LogP contribution in [0.1, 0.15) is 25.6 Å². The third-order valence-corrected chi connectivity index (χ3v) is 3.49. The Morgan fingerprint density at radius 2 is 2.00 bits per heavy atom. The molecule has 1 aliphatic rings. The smallest absolute Gasteiger partial charge is 0.381 e. The molecule has 0 aliphatic carbocycles. The zero-order valence-corrected chi connectivity index (χ0v) is 11.6. The highest BCUT2D eigenvalue weighted by Gasteiger charge is 2.35. The van der Waals surface area contributed by atoms with Crippen LogP contribution in [0.3, 0.4) is 0 Å². The van der Waals surface area contributed by atoms with Crippen LogP contribution in [0.5, 0.6) is 0 Å². The molecule has 0 saturated carbocycles.